The van der Waals surface area contributed by atoms with Crippen LogP contribution < -0.4 is 4.74 Å². The average Bonchev–Trinajstić information content (AvgIpc) is 3.46. The van der Waals surface area contributed by atoms with Gasteiger partial charge in [-0.05, 0) is 66.5 Å². The van der Waals surface area contributed by atoms with Crippen molar-refractivity contribution in [2.45, 2.75) is 37.8 Å². The molecule has 26 heavy (non-hydrogen) atoms. The zero-order valence-corrected chi connectivity index (χ0v) is 15.2. The molecular weight excluding hydrogens is 320 g/mol. The van der Waals surface area contributed by atoms with Crippen LogP contribution in [0.1, 0.15) is 47.3 Å². The largest absolute Gasteiger partial charge is 0.497 e. The van der Waals surface area contributed by atoms with Crippen LogP contribution in [0.15, 0.2) is 42.5 Å². The zero-order valence-electron chi connectivity index (χ0n) is 15.2. The number of H-pyrrole nitrogens is 1. The molecule has 0 saturated heterocycles. The summed E-state index contributed by atoms with van der Waals surface area (Å²) in [5.41, 5.74) is 7.35. The highest BCUT2D eigenvalue weighted by Crippen LogP contribution is 2.54. The number of ether oxygens (including phenoxy) is 1. The summed E-state index contributed by atoms with van der Waals surface area (Å²) >= 11 is 0. The van der Waals surface area contributed by atoms with Crippen molar-refractivity contribution in [2.75, 3.05) is 13.7 Å². The van der Waals surface area contributed by atoms with Crippen molar-refractivity contribution >= 4 is 10.9 Å². The third kappa shape index (κ3) is 2.04. The van der Waals surface area contributed by atoms with E-state index in [-0.39, 0.29) is 0 Å². The molecule has 0 amide bonds. The SMILES string of the molecule is COc1ccc2c(c1)CCN1C2Cc2c([nH]c3ccccc23)C1C1CC1. The van der Waals surface area contributed by atoms with Crippen molar-refractivity contribution < 1.29 is 4.74 Å². The molecule has 1 N–H and O–H groups in total. The first-order valence-electron chi connectivity index (χ1n) is 9.85. The van der Waals surface area contributed by atoms with Crippen molar-refractivity contribution in [1.29, 1.82) is 0 Å². The molecule has 6 rings (SSSR count). The Kier molecular flexibility index (Phi) is 3.07. The van der Waals surface area contributed by atoms with E-state index in [0.29, 0.717) is 12.1 Å². The highest BCUT2D eigenvalue weighted by molar-refractivity contribution is 5.85. The number of aromatic nitrogens is 1. The highest BCUT2D eigenvalue weighted by atomic mass is 16.5. The monoisotopic (exact) mass is 344 g/mol. The summed E-state index contributed by atoms with van der Waals surface area (Å²) in [4.78, 5) is 6.60. The van der Waals surface area contributed by atoms with Gasteiger partial charge in [0.15, 0.2) is 0 Å². The predicted octanol–water partition coefficient (Wildman–Crippen LogP) is 4.78. The van der Waals surface area contributed by atoms with Crippen molar-refractivity contribution in [3.05, 3.63) is 64.8 Å². The lowest BCUT2D eigenvalue weighted by atomic mass is 9.81. The number of nitrogens with one attached hydrogen (secondary N) is 1. The summed E-state index contributed by atoms with van der Waals surface area (Å²) in [6.07, 6.45) is 4.99. The number of nitrogens with zero attached hydrogens (tertiary/aromatic N) is 1. The van der Waals surface area contributed by atoms with Crippen LogP contribution in [-0.4, -0.2) is 23.5 Å². The lowest BCUT2D eigenvalue weighted by Crippen LogP contribution is -2.43. The molecule has 1 aromatic heterocycles. The number of aromatic amines is 1. The van der Waals surface area contributed by atoms with Gasteiger partial charge < -0.3 is 9.72 Å². The zero-order chi connectivity index (χ0) is 17.3. The Morgan fingerprint density at radius 2 is 2.00 bits per heavy atom. The lowest BCUT2D eigenvalue weighted by Gasteiger charge is -2.46. The van der Waals surface area contributed by atoms with E-state index in [1.165, 1.54) is 40.6 Å². The number of fused-ring (bicyclic) bond motifs is 6. The minimum absolute atomic E-state index is 0.502. The molecule has 3 aromatic rings. The number of benzene rings is 2. The van der Waals surface area contributed by atoms with Crippen LogP contribution in [-0.2, 0) is 12.8 Å². The Hall–Kier alpha value is -2.26. The second-order valence-electron chi connectivity index (χ2n) is 8.12. The quantitative estimate of drug-likeness (QED) is 0.724. The Morgan fingerprint density at radius 3 is 2.85 bits per heavy atom. The summed E-state index contributed by atoms with van der Waals surface area (Å²) in [5.74, 6) is 1.81. The second-order valence-corrected chi connectivity index (χ2v) is 8.12. The van der Waals surface area contributed by atoms with Crippen molar-refractivity contribution in [1.82, 2.24) is 9.88 Å². The molecule has 1 aliphatic carbocycles. The van der Waals surface area contributed by atoms with Crippen molar-refractivity contribution in [3.63, 3.8) is 0 Å². The van der Waals surface area contributed by atoms with Crippen LogP contribution in [0, 0.1) is 5.92 Å². The molecule has 2 unspecified atom stereocenters. The standard InChI is InChI=1S/C23H24N2O/c1-26-16-8-9-17-15(12-16)10-11-25-21(17)13-19-18-4-2-3-5-20(18)24-22(19)23(25)14-6-7-14/h2-5,8-9,12,14,21,23-24H,6-7,10-11,13H2,1H3. The summed E-state index contributed by atoms with van der Waals surface area (Å²) in [6.45, 7) is 1.15. The molecule has 2 aromatic carbocycles. The molecular formula is C23H24N2O. The molecule has 1 fully saturated rings. The lowest BCUT2D eigenvalue weighted by molar-refractivity contribution is 0.0907. The summed E-state index contributed by atoms with van der Waals surface area (Å²) in [5, 5.41) is 1.42. The first-order chi connectivity index (χ1) is 12.8. The van der Waals surface area contributed by atoms with E-state index in [1.807, 2.05) is 0 Å². The van der Waals surface area contributed by atoms with E-state index in [9.17, 15) is 0 Å². The van der Waals surface area contributed by atoms with Crippen molar-refractivity contribution in [2.24, 2.45) is 5.92 Å². The minimum atomic E-state index is 0.502. The molecule has 0 spiro atoms. The van der Waals surface area contributed by atoms with Crippen LogP contribution in [0.2, 0.25) is 0 Å². The van der Waals surface area contributed by atoms with Gasteiger partial charge >= 0.3 is 0 Å². The maximum Gasteiger partial charge on any atom is 0.119 e. The topological polar surface area (TPSA) is 28.3 Å². The van der Waals surface area contributed by atoms with Crippen molar-refractivity contribution in [3.8, 4) is 5.75 Å². The summed E-state index contributed by atoms with van der Waals surface area (Å²) in [7, 11) is 1.76. The number of para-hydroxylation sites is 1. The fourth-order valence-electron chi connectivity index (χ4n) is 5.37. The van der Waals surface area contributed by atoms with E-state index in [2.05, 4.69) is 52.3 Å². The van der Waals surface area contributed by atoms with Gasteiger partial charge in [0.2, 0.25) is 0 Å². The Bertz CT molecular complexity index is 1000. The first kappa shape index (κ1) is 14.9. The molecule has 3 nitrogen and oxygen atoms in total. The number of hydrogen-bond acceptors (Lipinski definition) is 2. The van der Waals surface area contributed by atoms with Gasteiger partial charge in [-0.25, -0.2) is 0 Å². The van der Waals surface area contributed by atoms with Gasteiger partial charge in [0.25, 0.3) is 0 Å². The fraction of sp³-hybridized carbons (Fsp3) is 0.391. The third-order valence-corrected chi connectivity index (χ3v) is 6.71. The van der Waals surface area contributed by atoms with Crippen LogP contribution in [0.3, 0.4) is 0 Å². The van der Waals surface area contributed by atoms with E-state index < -0.39 is 0 Å². The number of rotatable bonds is 2. The molecule has 3 aliphatic rings. The van der Waals surface area contributed by atoms with Crippen LogP contribution in [0.25, 0.3) is 10.9 Å². The van der Waals surface area contributed by atoms with E-state index >= 15 is 0 Å². The second kappa shape index (κ2) is 5.37. The Morgan fingerprint density at radius 1 is 1.12 bits per heavy atom. The van der Waals surface area contributed by atoms with Gasteiger partial charge in [-0.2, -0.15) is 0 Å². The van der Waals surface area contributed by atoms with Gasteiger partial charge in [0, 0.05) is 29.2 Å². The van der Waals surface area contributed by atoms with Crippen LogP contribution in [0.5, 0.6) is 5.75 Å². The molecule has 3 heterocycles. The van der Waals surface area contributed by atoms with E-state index in [1.54, 1.807) is 12.7 Å². The van der Waals surface area contributed by atoms with Crippen LogP contribution in [0.4, 0.5) is 0 Å². The molecule has 3 heteroatoms. The number of methoxy groups -OCH3 is 1. The van der Waals surface area contributed by atoms with Gasteiger partial charge in [-0.3, -0.25) is 4.90 Å². The molecule has 0 bridgehead atoms. The molecule has 132 valence electrons. The molecule has 1 saturated carbocycles. The Labute approximate surface area is 154 Å². The fourth-order valence-corrected chi connectivity index (χ4v) is 5.37. The molecule has 2 aliphatic heterocycles. The summed E-state index contributed by atoms with van der Waals surface area (Å²) < 4.78 is 5.47. The molecule has 2 atom stereocenters. The van der Waals surface area contributed by atoms with Gasteiger partial charge in [0.05, 0.1) is 13.2 Å². The van der Waals surface area contributed by atoms with Crippen LogP contribution >= 0.6 is 0 Å². The summed E-state index contributed by atoms with van der Waals surface area (Å²) in [6, 6.07) is 16.6. The van der Waals surface area contributed by atoms with E-state index in [4.69, 9.17) is 4.74 Å². The minimum Gasteiger partial charge on any atom is -0.497 e. The smallest absolute Gasteiger partial charge is 0.119 e. The highest BCUT2D eigenvalue weighted by Gasteiger charge is 2.46. The molecule has 0 radical (unpaired) electrons. The first-order valence-corrected chi connectivity index (χ1v) is 9.85. The maximum atomic E-state index is 5.47. The number of hydrogen-bond donors (Lipinski definition) is 1. The normalized spacial score (nSPS) is 24.8. The van der Waals surface area contributed by atoms with E-state index in [0.717, 1.165) is 31.1 Å². The van der Waals surface area contributed by atoms with Gasteiger partial charge in [-0.1, -0.05) is 24.3 Å². The Balaban J connectivity index is 1.53. The maximum absolute atomic E-state index is 5.47. The third-order valence-electron chi connectivity index (χ3n) is 6.71. The van der Waals surface area contributed by atoms with Gasteiger partial charge in [-0.15, -0.1) is 0 Å². The van der Waals surface area contributed by atoms with Gasteiger partial charge in [0.1, 0.15) is 5.75 Å². The average molecular weight is 344 g/mol. The predicted molar refractivity (Wildman–Crippen MR) is 104 cm³/mol.